The molecule has 0 aliphatic carbocycles. The Bertz CT molecular complexity index is 718. The van der Waals surface area contributed by atoms with Crippen molar-refractivity contribution in [3.8, 4) is 0 Å². The summed E-state index contributed by atoms with van der Waals surface area (Å²) in [6.45, 7) is 3.93. The molecule has 0 radical (unpaired) electrons. The molecule has 1 aliphatic heterocycles. The lowest BCUT2D eigenvalue weighted by atomic mass is 10.0. The van der Waals surface area contributed by atoms with Crippen LogP contribution in [0.25, 0.3) is 0 Å². The van der Waals surface area contributed by atoms with Crippen molar-refractivity contribution in [2.45, 2.75) is 45.4 Å². The van der Waals surface area contributed by atoms with E-state index in [0.717, 1.165) is 5.56 Å². The largest absolute Gasteiger partial charge is 0.460 e. The maximum absolute atomic E-state index is 12.4. The van der Waals surface area contributed by atoms with Crippen molar-refractivity contribution in [2.24, 2.45) is 5.92 Å². The van der Waals surface area contributed by atoms with Gasteiger partial charge in [-0.1, -0.05) is 44.2 Å². The third kappa shape index (κ3) is 6.33. The average molecular weight is 382 g/mol. The number of rotatable bonds is 6. The lowest BCUT2D eigenvalue weighted by Crippen LogP contribution is -2.50. The molecular formula is C18H26N2O5S. The minimum Gasteiger partial charge on any atom is -0.460 e. The number of esters is 1. The summed E-state index contributed by atoms with van der Waals surface area (Å²) < 4.78 is 28.7. The van der Waals surface area contributed by atoms with Gasteiger partial charge in [0.15, 0.2) is 9.84 Å². The number of sulfone groups is 1. The first-order valence-corrected chi connectivity index (χ1v) is 10.6. The number of carbonyl (C=O) groups excluding carboxylic acids is 2. The monoisotopic (exact) mass is 382 g/mol. The first-order chi connectivity index (χ1) is 12.3. The number of ether oxygens (including phenoxy) is 1. The van der Waals surface area contributed by atoms with Crippen molar-refractivity contribution >= 4 is 21.8 Å². The van der Waals surface area contributed by atoms with Gasteiger partial charge < -0.3 is 15.4 Å². The van der Waals surface area contributed by atoms with Gasteiger partial charge in [-0.25, -0.2) is 18.0 Å². The minimum atomic E-state index is -3.16. The van der Waals surface area contributed by atoms with E-state index in [9.17, 15) is 18.0 Å². The van der Waals surface area contributed by atoms with Crippen molar-refractivity contribution in [2.75, 3.05) is 11.5 Å². The summed E-state index contributed by atoms with van der Waals surface area (Å²) in [4.78, 5) is 24.5. The van der Waals surface area contributed by atoms with Gasteiger partial charge in [-0.2, -0.15) is 0 Å². The smallest absolute Gasteiger partial charge is 0.329 e. The molecule has 0 spiro atoms. The Morgan fingerprint density at radius 2 is 1.92 bits per heavy atom. The summed E-state index contributed by atoms with van der Waals surface area (Å²) in [7, 11) is -3.16. The van der Waals surface area contributed by atoms with Crippen LogP contribution < -0.4 is 10.6 Å². The quantitative estimate of drug-likeness (QED) is 0.728. The number of amides is 2. The van der Waals surface area contributed by atoms with Crippen LogP contribution in [-0.4, -0.2) is 44.1 Å². The molecular weight excluding hydrogens is 356 g/mol. The molecule has 0 saturated carbocycles. The summed E-state index contributed by atoms with van der Waals surface area (Å²) >= 11 is 0. The highest BCUT2D eigenvalue weighted by molar-refractivity contribution is 7.91. The van der Waals surface area contributed by atoms with E-state index >= 15 is 0 Å². The zero-order chi connectivity index (χ0) is 19.2. The maximum atomic E-state index is 12.4. The Balaban J connectivity index is 1.88. The highest BCUT2D eigenvalue weighted by atomic mass is 32.2. The Labute approximate surface area is 154 Å². The van der Waals surface area contributed by atoms with Crippen molar-refractivity contribution in [3.63, 3.8) is 0 Å². The van der Waals surface area contributed by atoms with Crippen molar-refractivity contribution in [3.05, 3.63) is 35.9 Å². The lowest BCUT2D eigenvalue weighted by Gasteiger charge is -2.26. The summed E-state index contributed by atoms with van der Waals surface area (Å²) in [5, 5.41) is 5.32. The van der Waals surface area contributed by atoms with Gasteiger partial charge in [-0.3, -0.25) is 0 Å². The molecule has 1 aliphatic rings. The van der Waals surface area contributed by atoms with Crippen molar-refractivity contribution in [1.29, 1.82) is 0 Å². The number of benzene rings is 1. The molecule has 2 atom stereocenters. The van der Waals surface area contributed by atoms with Crippen LogP contribution in [0.4, 0.5) is 4.79 Å². The first-order valence-electron chi connectivity index (χ1n) is 8.76. The molecule has 2 N–H and O–H groups in total. The van der Waals surface area contributed by atoms with Crippen LogP contribution in [0.2, 0.25) is 0 Å². The number of urea groups is 1. The van der Waals surface area contributed by atoms with Crippen LogP contribution >= 0.6 is 0 Å². The third-order valence-electron chi connectivity index (χ3n) is 4.21. The molecule has 1 saturated heterocycles. The van der Waals surface area contributed by atoms with E-state index in [2.05, 4.69) is 10.6 Å². The van der Waals surface area contributed by atoms with Gasteiger partial charge in [0.05, 0.1) is 11.5 Å². The molecule has 2 rings (SSSR count). The molecule has 0 aromatic heterocycles. The van der Waals surface area contributed by atoms with Gasteiger partial charge in [0, 0.05) is 6.54 Å². The molecule has 2 amide bonds. The van der Waals surface area contributed by atoms with Crippen LogP contribution in [0.5, 0.6) is 0 Å². The molecule has 1 fully saturated rings. The molecule has 1 aromatic carbocycles. The first kappa shape index (κ1) is 20.2. The van der Waals surface area contributed by atoms with Crippen LogP contribution in [0.1, 0.15) is 32.3 Å². The maximum Gasteiger partial charge on any atom is 0.329 e. The van der Waals surface area contributed by atoms with Gasteiger partial charge in [-0.05, 0) is 24.3 Å². The van der Waals surface area contributed by atoms with Gasteiger partial charge in [0.1, 0.15) is 12.1 Å². The Morgan fingerprint density at radius 1 is 1.23 bits per heavy atom. The topological polar surface area (TPSA) is 102 Å². The second-order valence-electron chi connectivity index (χ2n) is 6.85. The minimum absolute atomic E-state index is 0.134. The normalized spacial score (nSPS) is 20.2. The molecule has 2 unspecified atom stereocenters. The fourth-order valence-corrected chi connectivity index (χ4v) is 4.35. The standard InChI is InChI=1S/C18H26N2O5S/c1-13(2)16(17(21)25-15-9-6-10-26(23,24)12-15)20-18(22)19-11-14-7-4-3-5-8-14/h3-5,7-8,13,15-16H,6,9-12H2,1-2H3,(H2,19,20,22). The predicted octanol–water partition coefficient (Wildman–Crippen LogP) is 1.63. The van der Waals surface area contributed by atoms with Crippen molar-refractivity contribution in [1.82, 2.24) is 10.6 Å². The Hall–Kier alpha value is -2.09. The van der Waals surface area contributed by atoms with Crippen molar-refractivity contribution < 1.29 is 22.7 Å². The average Bonchev–Trinajstić information content (AvgIpc) is 2.57. The highest BCUT2D eigenvalue weighted by Crippen LogP contribution is 2.17. The SMILES string of the molecule is CC(C)C(NC(=O)NCc1ccccc1)C(=O)OC1CCCS(=O)(=O)C1. The summed E-state index contributed by atoms with van der Waals surface area (Å²) in [6.07, 6.45) is 0.366. The van der Waals surface area contributed by atoms with E-state index in [1.165, 1.54) is 0 Å². The Kier molecular flexibility index (Phi) is 7.02. The number of hydrogen-bond donors (Lipinski definition) is 2. The highest BCUT2D eigenvalue weighted by Gasteiger charge is 2.32. The molecule has 1 aromatic rings. The third-order valence-corrected chi connectivity index (χ3v) is 6.00. The number of carbonyl (C=O) groups is 2. The van der Waals surface area contributed by atoms with E-state index in [0.29, 0.717) is 19.4 Å². The van der Waals surface area contributed by atoms with E-state index in [-0.39, 0.29) is 17.4 Å². The molecule has 8 heteroatoms. The Morgan fingerprint density at radius 3 is 2.54 bits per heavy atom. The second-order valence-corrected chi connectivity index (χ2v) is 9.08. The number of nitrogens with one attached hydrogen (secondary N) is 2. The van der Waals surface area contributed by atoms with E-state index in [1.54, 1.807) is 13.8 Å². The lowest BCUT2D eigenvalue weighted by molar-refractivity contribution is -0.151. The van der Waals surface area contributed by atoms with Gasteiger partial charge in [-0.15, -0.1) is 0 Å². The molecule has 1 heterocycles. The van der Waals surface area contributed by atoms with Crippen LogP contribution in [0.3, 0.4) is 0 Å². The zero-order valence-electron chi connectivity index (χ0n) is 15.1. The molecule has 7 nitrogen and oxygen atoms in total. The van der Waals surface area contributed by atoms with Gasteiger partial charge >= 0.3 is 12.0 Å². The number of hydrogen-bond acceptors (Lipinski definition) is 5. The van der Waals surface area contributed by atoms with E-state index in [1.807, 2.05) is 30.3 Å². The van der Waals surface area contributed by atoms with E-state index < -0.39 is 34.0 Å². The molecule has 144 valence electrons. The molecule has 26 heavy (non-hydrogen) atoms. The summed E-state index contributed by atoms with van der Waals surface area (Å²) in [5.74, 6) is -0.805. The van der Waals surface area contributed by atoms with Crippen LogP contribution in [0.15, 0.2) is 30.3 Å². The van der Waals surface area contributed by atoms with Crippen LogP contribution in [0, 0.1) is 5.92 Å². The summed E-state index contributed by atoms with van der Waals surface area (Å²) in [5.41, 5.74) is 0.943. The predicted molar refractivity (Wildman–Crippen MR) is 98.2 cm³/mol. The fraction of sp³-hybridized carbons (Fsp3) is 0.556. The summed E-state index contributed by atoms with van der Waals surface area (Å²) in [6, 6.07) is 8.11. The molecule has 0 bridgehead atoms. The zero-order valence-corrected chi connectivity index (χ0v) is 15.9. The van der Waals surface area contributed by atoms with E-state index in [4.69, 9.17) is 4.74 Å². The van der Waals surface area contributed by atoms with Gasteiger partial charge in [0.2, 0.25) is 0 Å². The van der Waals surface area contributed by atoms with Gasteiger partial charge in [0.25, 0.3) is 0 Å². The second kappa shape index (κ2) is 9.02. The fourth-order valence-electron chi connectivity index (χ4n) is 2.78. The van der Waals surface area contributed by atoms with Crippen LogP contribution in [-0.2, 0) is 25.9 Å².